The number of likely N-dealkylation sites (tertiary alicyclic amines) is 1. The van der Waals surface area contributed by atoms with Gasteiger partial charge in [-0.2, -0.15) is 5.06 Å². The van der Waals surface area contributed by atoms with Gasteiger partial charge >= 0.3 is 0 Å². The quantitative estimate of drug-likeness (QED) is 0.407. The third-order valence-electron chi connectivity index (χ3n) is 8.26. The first kappa shape index (κ1) is 32.3. The molecule has 5 rings (SSSR count). The number of hydrogen-bond acceptors (Lipinski definition) is 8. The number of carbonyl (C=O) groups is 3. The highest BCUT2D eigenvalue weighted by Gasteiger charge is 2.51. The third-order valence-corrected chi connectivity index (χ3v) is 9.26. The predicted molar refractivity (Wildman–Crippen MR) is 171 cm³/mol. The first-order valence-corrected chi connectivity index (χ1v) is 16.5. The molecule has 3 aliphatic rings. The summed E-state index contributed by atoms with van der Waals surface area (Å²) in [6.07, 6.45) is 6.98. The van der Waals surface area contributed by atoms with Gasteiger partial charge in [-0.15, -0.1) is 11.3 Å². The van der Waals surface area contributed by atoms with E-state index in [1.165, 1.54) is 27.4 Å². The van der Waals surface area contributed by atoms with Gasteiger partial charge in [0.15, 0.2) is 11.9 Å². The van der Waals surface area contributed by atoms with E-state index < -0.39 is 18.1 Å². The fourth-order valence-electron chi connectivity index (χ4n) is 6.16. The highest BCUT2D eigenvalue weighted by molar-refractivity contribution is 7.19. The lowest BCUT2D eigenvalue weighted by Gasteiger charge is -2.50. The van der Waals surface area contributed by atoms with E-state index in [2.05, 4.69) is 30.7 Å². The number of aliphatic hydroxyl groups excluding tert-OH is 1. The zero-order valence-corrected chi connectivity index (χ0v) is 27.3. The minimum absolute atomic E-state index is 0.0660. The first-order chi connectivity index (χ1) is 20.9. The Hall–Kier alpha value is -3.12. The van der Waals surface area contributed by atoms with E-state index in [0.717, 1.165) is 49.1 Å². The number of fused-ring (bicyclic) bond motifs is 2. The number of amides is 3. The van der Waals surface area contributed by atoms with Crippen molar-refractivity contribution in [1.29, 1.82) is 0 Å². The lowest BCUT2D eigenvalue weighted by molar-refractivity contribution is -0.226. The molecule has 0 saturated carbocycles. The minimum Gasteiger partial charge on any atom is -0.396 e. The number of rotatable bonds is 9. The molecule has 10 nitrogen and oxygen atoms in total. The number of carbonyl (C=O) groups excluding carboxylic acids is 3. The zero-order valence-electron chi connectivity index (χ0n) is 26.4. The van der Waals surface area contributed by atoms with Gasteiger partial charge < -0.3 is 14.9 Å². The average Bonchev–Trinajstić information content (AvgIpc) is 3.40. The number of thiazole rings is 1. The molecule has 238 valence electrons. The number of aliphatic hydroxyl groups is 1. The molecule has 2 atom stereocenters. The summed E-state index contributed by atoms with van der Waals surface area (Å²) < 4.78 is 1.03. The number of para-hydroxylation sites is 1. The highest BCUT2D eigenvalue weighted by Crippen LogP contribution is 2.37. The molecule has 1 aromatic carbocycles. The van der Waals surface area contributed by atoms with Crippen LogP contribution in [0.4, 0.5) is 0 Å². The van der Waals surface area contributed by atoms with Crippen molar-refractivity contribution in [3.8, 4) is 0 Å². The molecule has 0 aliphatic carbocycles. The van der Waals surface area contributed by atoms with Crippen molar-refractivity contribution in [1.82, 2.24) is 24.7 Å². The van der Waals surface area contributed by atoms with Crippen molar-refractivity contribution < 1.29 is 24.3 Å². The second-order valence-electron chi connectivity index (χ2n) is 13.6. The predicted octanol–water partition coefficient (Wildman–Crippen LogP) is 4.62. The van der Waals surface area contributed by atoms with Crippen molar-refractivity contribution in [2.75, 3.05) is 26.2 Å². The van der Waals surface area contributed by atoms with Gasteiger partial charge in [0.25, 0.3) is 11.8 Å². The van der Waals surface area contributed by atoms with E-state index in [1.54, 1.807) is 17.2 Å². The van der Waals surface area contributed by atoms with Crippen molar-refractivity contribution in [3.05, 3.63) is 47.4 Å². The molecule has 11 heteroatoms. The van der Waals surface area contributed by atoms with Crippen LogP contribution in [0, 0.1) is 11.3 Å². The van der Waals surface area contributed by atoms with Crippen LogP contribution in [0.3, 0.4) is 0 Å². The minimum atomic E-state index is -0.886. The first-order valence-electron chi connectivity index (χ1n) is 15.7. The molecule has 2 aromatic rings. The molecule has 0 bridgehead atoms. The molecule has 0 spiro atoms. The topological polar surface area (TPSA) is 107 Å². The lowest BCUT2D eigenvalue weighted by atomic mass is 9.85. The molecule has 1 aromatic heterocycles. The second-order valence-corrected chi connectivity index (χ2v) is 14.6. The number of aromatic nitrogens is 1. The van der Waals surface area contributed by atoms with Crippen molar-refractivity contribution in [3.63, 3.8) is 0 Å². The number of hydroxylamine groups is 2. The number of hydrogen-bond donors (Lipinski definition) is 1. The third kappa shape index (κ3) is 7.22. The maximum absolute atomic E-state index is 14.2. The van der Waals surface area contributed by atoms with Crippen molar-refractivity contribution in [2.45, 2.75) is 84.9 Å². The van der Waals surface area contributed by atoms with Gasteiger partial charge in [0.2, 0.25) is 5.91 Å². The van der Waals surface area contributed by atoms with E-state index in [1.807, 2.05) is 38.1 Å². The molecule has 0 radical (unpaired) electrons. The summed E-state index contributed by atoms with van der Waals surface area (Å²) in [5, 5.41) is 11.1. The Bertz CT molecular complexity index is 1390. The Morgan fingerprint density at radius 1 is 1.16 bits per heavy atom. The van der Waals surface area contributed by atoms with Gasteiger partial charge in [-0.25, -0.2) is 4.98 Å². The normalized spacial score (nSPS) is 22.4. The highest BCUT2D eigenvalue weighted by atomic mass is 32.1. The lowest BCUT2D eigenvalue weighted by Crippen LogP contribution is -2.65. The fourth-order valence-corrected chi connectivity index (χ4v) is 7.03. The number of benzene rings is 1. The van der Waals surface area contributed by atoms with Crippen LogP contribution in [-0.2, 0) is 19.2 Å². The molecule has 4 heterocycles. The van der Waals surface area contributed by atoms with Gasteiger partial charge in [0.05, 0.1) is 16.4 Å². The number of nitrogens with zero attached hydrogens (tertiary/aromatic N) is 5. The van der Waals surface area contributed by atoms with Crippen molar-refractivity contribution in [2.24, 2.45) is 11.3 Å². The molecule has 3 amide bonds. The van der Waals surface area contributed by atoms with Gasteiger partial charge in [-0.05, 0) is 61.6 Å². The van der Waals surface area contributed by atoms with E-state index in [-0.39, 0.29) is 41.6 Å². The van der Waals surface area contributed by atoms with Crippen LogP contribution in [0.1, 0.15) is 71.7 Å². The van der Waals surface area contributed by atoms with Gasteiger partial charge in [-0.3, -0.25) is 24.1 Å². The maximum atomic E-state index is 14.2. The Morgan fingerprint density at radius 3 is 2.55 bits per heavy atom. The molecule has 2 fully saturated rings. The van der Waals surface area contributed by atoms with Crippen LogP contribution in [0.2, 0.25) is 0 Å². The van der Waals surface area contributed by atoms with Gasteiger partial charge in [0.1, 0.15) is 11.0 Å². The molecular weight excluding hydrogens is 578 g/mol. The van der Waals surface area contributed by atoms with E-state index in [9.17, 15) is 19.5 Å². The summed E-state index contributed by atoms with van der Waals surface area (Å²) in [5.41, 5.74) is 0.611. The smallest absolute Gasteiger partial charge is 0.276 e. The van der Waals surface area contributed by atoms with Crippen LogP contribution in [-0.4, -0.2) is 92.0 Å². The molecule has 44 heavy (non-hydrogen) atoms. The summed E-state index contributed by atoms with van der Waals surface area (Å²) in [7, 11) is 0. The Kier molecular flexibility index (Phi) is 9.89. The Balaban J connectivity index is 1.49. The molecule has 3 aliphatic heterocycles. The molecule has 0 unspecified atom stereocenters. The van der Waals surface area contributed by atoms with Crippen LogP contribution in [0.5, 0.6) is 0 Å². The standard InChI is InChI=1S/C33H45N5O5S/c1-22(2)19-26-32(42)37-25(20-33(3,4)5)31(41)36(23-13-16-35(17-14-23)15-8-18-39)21-29(37)38(43-26)30(40)12-11-28-34-24-9-6-7-10-27(24)44-28/h6-7,9-12,21-23,25-26,39H,8,13-20H2,1-5H3/b12-11+/t25-,26+/m0/s1. The SMILES string of the molecule is CC(C)C[C@H]1ON(C(=O)/C=C/c2nc3ccccc3s2)C2=CN(C3CCN(CCCO)CC3)C(=O)[C@H](CC(C)(C)C)N2C1=O. The summed E-state index contributed by atoms with van der Waals surface area (Å²) in [4.78, 5) is 58.5. The van der Waals surface area contributed by atoms with Gasteiger partial charge in [0, 0.05) is 38.4 Å². The van der Waals surface area contributed by atoms with E-state index in [0.29, 0.717) is 17.8 Å². The average molecular weight is 624 g/mol. The van der Waals surface area contributed by atoms with E-state index in [4.69, 9.17) is 4.84 Å². The second kappa shape index (κ2) is 13.5. The monoisotopic (exact) mass is 623 g/mol. The molecule has 2 saturated heterocycles. The van der Waals surface area contributed by atoms with Gasteiger partial charge in [-0.1, -0.05) is 46.8 Å². The van der Waals surface area contributed by atoms with E-state index >= 15 is 0 Å². The zero-order chi connectivity index (χ0) is 31.6. The fraction of sp³-hybridized carbons (Fsp3) is 0.576. The Labute approximate surface area is 263 Å². The number of piperidine rings is 1. The van der Waals surface area contributed by atoms with Crippen LogP contribution < -0.4 is 0 Å². The van der Waals surface area contributed by atoms with Crippen molar-refractivity contribution >= 4 is 45.4 Å². The van der Waals surface area contributed by atoms with Crippen LogP contribution >= 0.6 is 11.3 Å². The summed E-state index contributed by atoms with van der Waals surface area (Å²) in [6, 6.07) is 6.99. The molecular formula is C33H45N5O5S. The van der Waals surface area contributed by atoms with Crippen LogP contribution in [0.15, 0.2) is 42.4 Å². The summed E-state index contributed by atoms with van der Waals surface area (Å²) in [6.45, 7) is 12.8. The summed E-state index contributed by atoms with van der Waals surface area (Å²) >= 11 is 1.49. The molecule has 1 N–H and O–H groups in total. The van der Waals surface area contributed by atoms with Crippen LogP contribution in [0.25, 0.3) is 16.3 Å². The maximum Gasteiger partial charge on any atom is 0.276 e. The largest absolute Gasteiger partial charge is 0.396 e. The summed E-state index contributed by atoms with van der Waals surface area (Å²) in [5.74, 6) is -0.424. The Morgan fingerprint density at radius 2 is 1.89 bits per heavy atom.